The number of benzene rings is 1. The van der Waals surface area contributed by atoms with Crippen LogP contribution >= 0.6 is 23.2 Å². The van der Waals surface area contributed by atoms with E-state index < -0.39 is 0 Å². The lowest BCUT2D eigenvalue weighted by Crippen LogP contribution is -2.50. The lowest BCUT2D eigenvalue weighted by molar-refractivity contribution is -0.605. The van der Waals surface area contributed by atoms with Crippen LogP contribution in [0, 0.1) is 5.21 Å². The zero-order chi connectivity index (χ0) is 18.0. The van der Waals surface area contributed by atoms with Crippen molar-refractivity contribution in [1.29, 1.82) is 0 Å². The van der Waals surface area contributed by atoms with E-state index in [4.69, 9.17) is 23.2 Å². The summed E-state index contributed by atoms with van der Waals surface area (Å²) < 4.78 is 0.628. The molecule has 1 aromatic carbocycles. The maximum absolute atomic E-state index is 12.6. The monoisotopic (exact) mass is 379 g/mol. The Morgan fingerprint density at radius 1 is 0.840 bits per heavy atom. The quantitative estimate of drug-likeness (QED) is 0.593. The van der Waals surface area contributed by atoms with Crippen molar-refractivity contribution >= 4 is 35.0 Å². The second-order valence-electron chi connectivity index (χ2n) is 5.69. The highest BCUT2D eigenvalue weighted by Crippen LogP contribution is 2.21. The number of amides is 2. The summed E-state index contributed by atoms with van der Waals surface area (Å²) in [7, 11) is 0. The minimum atomic E-state index is -0.163. The molecule has 2 heterocycles. The third-order valence-corrected chi connectivity index (χ3v) is 4.45. The van der Waals surface area contributed by atoms with Crippen LogP contribution in [-0.2, 0) is 0 Å². The molecule has 3 rings (SSSR count). The minimum absolute atomic E-state index is 0.154. The molecule has 2 aromatic rings. The molecule has 1 fully saturated rings. The molecule has 8 heteroatoms. The number of nitrogens with zero attached hydrogens (tertiary/aromatic N) is 3. The van der Waals surface area contributed by atoms with E-state index in [1.54, 1.807) is 28.0 Å². The molecule has 0 bridgehead atoms. The minimum Gasteiger partial charge on any atom is -0.619 e. The Balaban J connectivity index is 1.64. The number of piperazine rings is 1. The summed E-state index contributed by atoms with van der Waals surface area (Å²) in [6, 6.07) is 7.70. The molecule has 1 aliphatic heterocycles. The molecule has 130 valence electrons. The van der Waals surface area contributed by atoms with Crippen LogP contribution in [0.1, 0.15) is 20.7 Å². The Labute approximate surface area is 154 Å². The molecule has 0 radical (unpaired) electrons. The van der Waals surface area contributed by atoms with Gasteiger partial charge >= 0.3 is 0 Å². The van der Waals surface area contributed by atoms with Crippen molar-refractivity contribution in [1.82, 2.24) is 9.80 Å². The van der Waals surface area contributed by atoms with E-state index in [1.807, 2.05) is 0 Å². The van der Waals surface area contributed by atoms with Crippen LogP contribution < -0.4 is 4.73 Å². The predicted octanol–water partition coefficient (Wildman–Crippen LogP) is 2.22. The van der Waals surface area contributed by atoms with E-state index in [9.17, 15) is 14.8 Å². The van der Waals surface area contributed by atoms with Crippen LogP contribution in [0.3, 0.4) is 0 Å². The Kier molecular flexibility index (Phi) is 5.11. The van der Waals surface area contributed by atoms with Crippen LogP contribution in [-0.4, -0.2) is 47.8 Å². The molecule has 1 aromatic heterocycles. The first-order chi connectivity index (χ1) is 11.9. The van der Waals surface area contributed by atoms with E-state index in [1.165, 1.54) is 24.5 Å². The van der Waals surface area contributed by atoms with E-state index in [0.29, 0.717) is 52.1 Å². The largest absolute Gasteiger partial charge is 0.619 e. The first-order valence-corrected chi connectivity index (χ1v) is 8.43. The van der Waals surface area contributed by atoms with E-state index in [0.717, 1.165) is 0 Å². The zero-order valence-electron chi connectivity index (χ0n) is 13.2. The number of halogens is 2. The Morgan fingerprint density at radius 2 is 1.28 bits per heavy atom. The highest BCUT2D eigenvalue weighted by molar-refractivity contribution is 6.35. The third kappa shape index (κ3) is 4.03. The summed E-state index contributed by atoms with van der Waals surface area (Å²) in [5, 5.41) is 11.9. The van der Waals surface area contributed by atoms with Gasteiger partial charge in [-0.15, -0.1) is 0 Å². The average molecular weight is 380 g/mol. The molecule has 0 unspecified atom stereocenters. The fraction of sp³-hybridized carbons (Fsp3) is 0.235. The fourth-order valence-electron chi connectivity index (χ4n) is 2.71. The van der Waals surface area contributed by atoms with Gasteiger partial charge in [-0.05, 0) is 18.2 Å². The van der Waals surface area contributed by atoms with Gasteiger partial charge < -0.3 is 15.0 Å². The molecular weight excluding hydrogens is 365 g/mol. The zero-order valence-corrected chi connectivity index (χ0v) is 14.7. The Bertz CT molecular complexity index is 783. The van der Waals surface area contributed by atoms with Gasteiger partial charge in [0.1, 0.15) is 0 Å². The second kappa shape index (κ2) is 7.29. The van der Waals surface area contributed by atoms with Gasteiger partial charge in [0, 0.05) is 53.9 Å². The molecule has 0 N–H and O–H groups in total. The number of carbonyl (C=O) groups excluding carboxylic acids is 2. The van der Waals surface area contributed by atoms with Crippen molar-refractivity contribution in [3.63, 3.8) is 0 Å². The highest BCUT2D eigenvalue weighted by Gasteiger charge is 2.26. The predicted molar refractivity (Wildman–Crippen MR) is 93.7 cm³/mol. The Morgan fingerprint density at radius 3 is 1.76 bits per heavy atom. The van der Waals surface area contributed by atoms with E-state index >= 15 is 0 Å². The second-order valence-corrected chi connectivity index (χ2v) is 6.56. The maximum atomic E-state index is 12.6. The fourth-order valence-corrected chi connectivity index (χ4v) is 3.24. The van der Waals surface area contributed by atoms with Gasteiger partial charge in [0.25, 0.3) is 11.8 Å². The summed E-state index contributed by atoms with van der Waals surface area (Å²) in [6.07, 6.45) is 2.58. The van der Waals surface area contributed by atoms with Gasteiger partial charge in [0.2, 0.25) is 0 Å². The van der Waals surface area contributed by atoms with E-state index in [2.05, 4.69) is 0 Å². The SMILES string of the molecule is O=C(c1cc[n+]([O-])cc1)N1CCN(C(=O)c2cc(Cl)cc(Cl)c2)CC1. The number of carbonyl (C=O) groups is 2. The van der Waals surface area contributed by atoms with Crippen molar-refractivity contribution in [2.24, 2.45) is 0 Å². The highest BCUT2D eigenvalue weighted by atomic mass is 35.5. The average Bonchev–Trinajstić information content (AvgIpc) is 2.60. The topological polar surface area (TPSA) is 67.6 Å². The summed E-state index contributed by atoms with van der Waals surface area (Å²) in [4.78, 5) is 28.3. The lowest BCUT2D eigenvalue weighted by atomic mass is 10.1. The molecule has 2 amide bonds. The van der Waals surface area contributed by atoms with Crippen molar-refractivity contribution in [3.8, 4) is 0 Å². The maximum Gasteiger partial charge on any atom is 0.254 e. The van der Waals surface area contributed by atoms with E-state index in [-0.39, 0.29) is 11.8 Å². The van der Waals surface area contributed by atoms with Crippen LogP contribution in [0.4, 0.5) is 0 Å². The molecule has 0 spiro atoms. The summed E-state index contributed by atoms with van der Waals surface area (Å²) >= 11 is 11.9. The molecule has 1 saturated heterocycles. The standard InChI is InChI=1S/C17H15Cl2N3O3/c18-14-9-13(10-15(19)11-14)17(24)21-7-5-20(6-8-21)16(23)12-1-3-22(25)4-2-12/h1-4,9-11H,5-8H2. The molecule has 25 heavy (non-hydrogen) atoms. The number of aromatic nitrogens is 1. The summed E-state index contributed by atoms with van der Waals surface area (Å²) in [5.41, 5.74) is 0.883. The molecular formula is C17H15Cl2N3O3. The number of pyridine rings is 1. The normalized spacial score (nSPS) is 14.5. The smallest absolute Gasteiger partial charge is 0.254 e. The van der Waals surface area contributed by atoms with Crippen molar-refractivity contribution in [3.05, 3.63) is 69.1 Å². The van der Waals surface area contributed by atoms with Crippen LogP contribution in [0.25, 0.3) is 0 Å². The number of hydrogen-bond acceptors (Lipinski definition) is 3. The molecule has 0 saturated carbocycles. The van der Waals surface area contributed by atoms with Gasteiger partial charge in [-0.25, -0.2) is 0 Å². The number of rotatable bonds is 2. The van der Waals surface area contributed by atoms with Crippen LogP contribution in [0.2, 0.25) is 10.0 Å². The van der Waals surface area contributed by atoms with Crippen molar-refractivity contribution < 1.29 is 14.3 Å². The number of hydrogen-bond donors (Lipinski definition) is 0. The first kappa shape index (κ1) is 17.5. The molecule has 6 nitrogen and oxygen atoms in total. The van der Waals surface area contributed by atoms with Crippen molar-refractivity contribution in [2.45, 2.75) is 0 Å². The van der Waals surface area contributed by atoms with Gasteiger partial charge in [-0.1, -0.05) is 23.2 Å². The van der Waals surface area contributed by atoms with Gasteiger partial charge in [0.15, 0.2) is 12.4 Å². The summed E-state index contributed by atoms with van der Waals surface area (Å²) in [6.45, 7) is 1.68. The molecule has 0 aliphatic carbocycles. The lowest BCUT2D eigenvalue weighted by Gasteiger charge is -2.34. The Hall–Kier alpha value is -2.31. The van der Waals surface area contributed by atoms with Crippen LogP contribution in [0.15, 0.2) is 42.7 Å². The van der Waals surface area contributed by atoms with Crippen molar-refractivity contribution in [2.75, 3.05) is 26.2 Å². The molecule has 1 aliphatic rings. The summed E-state index contributed by atoms with van der Waals surface area (Å²) in [5.74, 6) is -0.317. The van der Waals surface area contributed by atoms with Gasteiger partial charge in [-0.2, -0.15) is 4.73 Å². The van der Waals surface area contributed by atoms with Gasteiger partial charge in [0.05, 0.1) is 5.56 Å². The molecule has 0 atom stereocenters. The third-order valence-electron chi connectivity index (χ3n) is 4.01. The first-order valence-electron chi connectivity index (χ1n) is 7.67. The van der Waals surface area contributed by atoms with Crippen LogP contribution in [0.5, 0.6) is 0 Å². The van der Waals surface area contributed by atoms with Gasteiger partial charge in [-0.3, -0.25) is 9.59 Å².